The van der Waals surface area contributed by atoms with Gasteiger partial charge in [0.2, 0.25) is 0 Å². The van der Waals surface area contributed by atoms with Gasteiger partial charge in [-0.1, -0.05) is 18.2 Å². The number of alkyl halides is 6. The van der Waals surface area contributed by atoms with Crippen LogP contribution in [0, 0.1) is 6.92 Å². The van der Waals surface area contributed by atoms with Gasteiger partial charge in [0.25, 0.3) is 0 Å². The summed E-state index contributed by atoms with van der Waals surface area (Å²) in [7, 11) is 0. The van der Waals surface area contributed by atoms with Crippen LogP contribution in [0.1, 0.15) is 28.7 Å². The van der Waals surface area contributed by atoms with Gasteiger partial charge in [0.15, 0.2) is 0 Å². The quantitative estimate of drug-likeness (QED) is 0.531. The van der Waals surface area contributed by atoms with Crippen LogP contribution in [-0.4, -0.2) is 0 Å². The Labute approximate surface area is 106 Å². The molecule has 0 amide bonds. The minimum absolute atomic E-state index is 0.123. The van der Waals surface area contributed by atoms with Crippen molar-refractivity contribution in [1.29, 1.82) is 0 Å². The van der Waals surface area contributed by atoms with Crippen molar-refractivity contribution in [3.8, 4) is 0 Å². The van der Waals surface area contributed by atoms with E-state index in [4.69, 9.17) is 0 Å². The van der Waals surface area contributed by atoms with Crippen LogP contribution >= 0.6 is 0 Å². The first-order valence-electron chi connectivity index (χ1n) is 5.46. The summed E-state index contributed by atoms with van der Waals surface area (Å²) < 4.78 is 77.2. The molecule has 0 aliphatic rings. The monoisotopic (exact) mass is 282 g/mol. The number of allylic oxidation sites excluding steroid dienone is 1. The summed E-state index contributed by atoms with van der Waals surface area (Å²) in [6, 6.07) is 2.16. The lowest BCUT2D eigenvalue weighted by atomic mass is 9.93. The third-order valence-electron chi connectivity index (χ3n) is 2.68. The third kappa shape index (κ3) is 3.52. The van der Waals surface area contributed by atoms with E-state index in [0.29, 0.717) is 0 Å². The lowest BCUT2D eigenvalue weighted by molar-refractivity contribution is -0.162. The smallest absolute Gasteiger partial charge is 0.166 e. The molecule has 6 heteroatoms. The molecule has 1 rings (SSSR count). The fourth-order valence-electron chi connectivity index (χ4n) is 1.90. The van der Waals surface area contributed by atoms with Gasteiger partial charge >= 0.3 is 12.4 Å². The van der Waals surface area contributed by atoms with Gasteiger partial charge in [-0.15, -0.1) is 6.58 Å². The third-order valence-corrected chi connectivity index (χ3v) is 2.68. The second-order valence-corrected chi connectivity index (χ2v) is 4.11. The Bertz CT molecular complexity index is 467. The Hall–Kier alpha value is -1.46. The lowest BCUT2D eigenvalue weighted by Crippen LogP contribution is -2.20. The average Bonchev–Trinajstić information content (AvgIpc) is 2.24. The molecule has 1 aromatic rings. The van der Waals surface area contributed by atoms with E-state index in [2.05, 4.69) is 6.58 Å². The number of hydrogen-bond donors (Lipinski definition) is 0. The van der Waals surface area contributed by atoms with Gasteiger partial charge in [0.1, 0.15) is 0 Å². The molecule has 0 bridgehead atoms. The van der Waals surface area contributed by atoms with Crippen molar-refractivity contribution in [2.75, 3.05) is 0 Å². The van der Waals surface area contributed by atoms with Crippen LogP contribution < -0.4 is 0 Å². The molecular formula is C13H12F6. The second kappa shape index (κ2) is 5.27. The summed E-state index contributed by atoms with van der Waals surface area (Å²) in [6.07, 6.45) is -8.63. The van der Waals surface area contributed by atoms with E-state index in [9.17, 15) is 26.3 Å². The molecule has 0 aliphatic heterocycles. The second-order valence-electron chi connectivity index (χ2n) is 4.11. The summed E-state index contributed by atoms with van der Waals surface area (Å²) in [5, 5.41) is 0. The zero-order chi connectivity index (χ0) is 14.8. The number of rotatable bonds is 3. The number of aryl methyl sites for hydroxylation is 2. The normalized spacial score (nSPS) is 12.6. The van der Waals surface area contributed by atoms with Crippen molar-refractivity contribution in [2.45, 2.75) is 32.1 Å². The molecule has 0 aliphatic carbocycles. The Kier molecular flexibility index (Phi) is 4.32. The molecule has 0 fully saturated rings. The maximum Gasteiger partial charge on any atom is 0.417 e. The van der Waals surface area contributed by atoms with Gasteiger partial charge in [-0.05, 0) is 30.9 Å². The van der Waals surface area contributed by atoms with E-state index in [0.717, 1.165) is 19.1 Å². The van der Waals surface area contributed by atoms with Crippen molar-refractivity contribution >= 4 is 0 Å². The molecule has 0 saturated heterocycles. The van der Waals surface area contributed by atoms with Crippen LogP contribution in [0.4, 0.5) is 26.3 Å². The van der Waals surface area contributed by atoms with E-state index in [-0.39, 0.29) is 18.4 Å². The van der Waals surface area contributed by atoms with Crippen molar-refractivity contribution in [3.63, 3.8) is 0 Å². The molecule has 0 saturated carbocycles. The maximum atomic E-state index is 12.9. The first kappa shape index (κ1) is 15.6. The van der Waals surface area contributed by atoms with Gasteiger partial charge in [0, 0.05) is 0 Å². The molecule has 1 aromatic carbocycles. The molecule has 0 aromatic heterocycles. The molecule has 0 spiro atoms. The summed E-state index contributed by atoms with van der Waals surface area (Å²) in [4.78, 5) is 0. The van der Waals surface area contributed by atoms with Crippen LogP contribution in [0.5, 0.6) is 0 Å². The Morgan fingerprint density at radius 3 is 1.95 bits per heavy atom. The minimum atomic E-state index is -5.03. The zero-order valence-electron chi connectivity index (χ0n) is 10.1. The zero-order valence-corrected chi connectivity index (χ0v) is 10.1. The van der Waals surface area contributed by atoms with Gasteiger partial charge in [-0.3, -0.25) is 0 Å². The van der Waals surface area contributed by atoms with E-state index in [1.807, 2.05) is 0 Å². The molecule has 0 atom stereocenters. The molecule has 19 heavy (non-hydrogen) atoms. The van der Waals surface area contributed by atoms with E-state index >= 15 is 0 Å². The Morgan fingerprint density at radius 1 is 1.00 bits per heavy atom. The number of halogens is 6. The van der Waals surface area contributed by atoms with Gasteiger partial charge in [-0.2, -0.15) is 26.3 Å². The predicted octanol–water partition coefficient (Wildman–Crippen LogP) is 5.15. The molecule has 0 N–H and O–H groups in total. The molecule has 0 heterocycles. The fraction of sp³-hybridized carbons (Fsp3) is 0.385. The highest BCUT2D eigenvalue weighted by molar-refractivity contribution is 5.44. The first-order chi connectivity index (χ1) is 8.59. The summed E-state index contributed by atoms with van der Waals surface area (Å²) in [5.41, 5.74) is -3.96. The lowest BCUT2D eigenvalue weighted by Gasteiger charge is -2.21. The van der Waals surface area contributed by atoms with Gasteiger partial charge < -0.3 is 0 Å². The van der Waals surface area contributed by atoms with Crippen LogP contribution in [-0.2, 0) is 18.8 Å². The van der Waals surface area contributed by atoms with Crippen molar-refractivity contribution in [3.05, 3.63) is 47.0 Å². The van der Waals surface area contributed by atoms with E-state index < -0.39 is 29.0 Å². The van der Waals surface area contributed by atoms with Crippen LogP contribution in [0.3, 0.4) is 0 Å². The summed E-state index contributed by atoms with van der Waals surface area (Å²) in [5.74, 6) is 0. The van der Waals surface area contributed by atoms with Crippen molar-refractivity contribution in [2.24, 2.45) is 0 Å². The first-order valence-corrected chi connectivity index (χ1v) is 5.46. The predicted molar refractivity (Wildman–Crippen MR) is 59.7 cm³/mol. The topological polar surface area (TPSA) is 0 Å². The highest BCUT2D eigenvalue weighted by atomic mass is 19.4. The van der Waals surface area contributed by atoms with Crippen molar-refractivity contribution < 1.29 is 26.3 Å². The minimum Gasteiger partial charge on any atom is -0.166 e. The Morgan fingerprint density at radius 2 is 1.53 bits per heavy atom. The molecule has 0 unspecified atom stereocenters. The molecule has 0 radical (unpaired) electrons. The maximum absolute atomic E-state index is 12.9. The van der Waals surface area contributed by atoms with Gasteiger partial charge in [-0.25, -0.2) is 0 Å². The van der Waals surface area contributed by atoms with E-state index in [1.54, 1.807) is 0 Å². The average molecular weight is 282 g/mol. The highest BCUT2D eigenvalue weighted by Gasteiger charge is 2.45. The molecule has 0 nitrogen and oxygen atoms in total. The standard InChI is InChI=1S/C13H12F6/c1-3-4-5-9-7-6-8(2)10(12(14,15)16)11(9)13(17,18)19/h3,6-7H,1,4-5H2,2H3. The summed E-state index contributed by atoms with van der Waals surface area (Å²) >= 11 is 0. The SMILES string of the molecule is C=CCCc1ccc(C)c(C(F)(F)F)c1C(F)(F)F. The largest absolute Gasteiger partial charge is 0.417 e. The van der Waals surface area contributed by atoms with Crippen molar-refractivity contribution in [1.82, 2.24) is 0 Å². The molecular weight excluding hydrogens is 270 g/mol. The van der Waals surface area contributed by atoms with Crippen LogP contribution in [0.15, 0.2) is 24.8 Å². The Balaban J connectivity index is 3.56. The van der Waals surface area contributed by atoms with E-state index in [1.165, 1.54) is 6.08 Å². The fourth-order valence-corrected chi connectivity index (χ4v) is 1.90. The number of hydrogen-bond acceptors (Lipinski definition) is 0. The van der Waals surface area contributed by atoms with Crippen LogP contribution in [0.25, 0.3) is 0 Å². The summed E-state index contributed by atoms with van der Waals surface area (Å²) in [6.45, 7) is 4.38. The van der Waals surface area contributed by atoms with Crippen LogP contribution in [0.2, 0.25) is 0 Å². The highest BCUT2D eigenvalue weighted by Crippen LogP contribution is 2.43. The molecule has 106 valence electrons. The van der Waals surface area contributed by atoms with Gasteiger partial charge in [0.05, 0.1) is 11.1 Å². The number of benzene rings is 1.